The summed E-state index contributed by atoms with van der Waals surface area (Å²) in [6.45, 7) is 10.1. The minimum atomic E-state index is -0.360. The van der Waals surface area contributed by atoms with Gasteiger partial charge < -0.3 is 9.84 Å². The van der Waals surface area contributed by atoms with Crippen molar-refractivity contribution >= 4 is 34.7 Å². The van der Waals surface area contributed by atoms with Crippen LogP contribution >= 0.6 is 11.6 Å². The van der Waals surface area contributed by atoms with Gasteiger partial charge in [-0.3, -0.25) is 0 Å². The van der Waals surface area contributed by atoms with Crippen LogP contribution in [0.5, 0.6) is 5.75 Å². The molecule has 1 aromatic heterocycles. The van der Waals surface area contributed by atoms with E-state index in [1.54, 1.807) is 37.3 Å². The minimum absolute atomic E-state index is 0.0947. The Labute approximate surface area is 181 Å². The number of benzene rings is 2. The molecule has 30 heavy (non-hydrogen) atoms. The van der Waals surface area contributed by atoms with Gasteiger partial charge in [0, 0.05) is 16.2 Å². The van der Waals surface area contributed by atoms with Gasteiger partial charge in [-0.05, 0) is 60.7 Å². The lowest BCUT2D eigenvalue weighted by atomic mass is 9.84. The smallest absolute Gasteiger partial charge is 0.333 e. The Kier molecular flexibility index (Phi) is 6.17. The summed E-state index contributed by atoms with van der Waals surface area (Å²) in [5, 5.41) is 20.5. The number of phenols is 1. The van der Waals surface area contributed by atoms with Crippen molar-refractivity contribution in [2.45, 2.75) is 46.5 Å². The second-order valence-electron chi connectivity index (χ2n) is 8.27. The molecule has 2 aromatic carbocycles. The molecule has 0 fully saturated rings. The van der Waals surface area contributed by atoms with Crippen LogP contribution in [0.15, 0.2) is 35.9 Å². The van der Waals surface area contributed by atoms with Crippen molar-refractivity contribution in [1.82, 2.24) is 15.0 Å². The molecule has 6 nitrogen and oxygen atoms in total. The van der Waals surface area contributed by atoms with E-state index in [2.05, 4.69) is 10.2 Å². The molecule has 3 aromatic rings. The third-order valence-corrected chi connectivity index (χ3v) is 4.86. The Morgan fingerprint density at radius 1 is 1.20 bits per heavy atom. The predicted molar refractivity (Wildman–Crippen MR) is 119 cm³/mol. The predicted octanol–water partition coefficient (Wildman–Crippen LogP) is 5.43. The highest BCUT2D eigenvalue weighted by Gasteiger charge is 2.23. The van der Waals surface area contributed by atoms with E-state index >= 15 is 0 Å². The number of hydrogen-bond donors (Lipinski definition) is 1. The van der Waals surface area contributed by atoms with Crippen LogP contribution in [0, 0.1) is 0 Å². The zero-order valence-corrected chi connectivity index (χ0v) is 18.6. The topological polar surface area (TPSA) is 77.2 Å². The van der Waals surface area contributed by atoms with Crippen molar-refractivity contribution in [2.24, 2.45) is 0 Å². The van der Waals surface area contributed by atoms with Crippen LogP contribution in [0.4, 0.5) is 0 Å². The molecule has 7 heteroatoms. The number of esters is 1. The molecule has 0 atom stereocenters. The molecular formula is C23H26ClN3O3. The summed E-state index contributed by atoms with van der Waals surface area (Å²) >= 11 is 6.06. The van der Waals surface area contributed by atoms with Gasteiger partial charge in [-0.15, -0.1) is 15.0 Å². The molecule has 0 radical (unpaired) electrons. The number of carbonyl (C=O) groups is 1. The summed E-state index contributed by atoms with van der Waals surface area (Å²) in [6.07, 6.45) is 2.51. The molecule has 0 spiro atoms. The molecular weight excluding hydrogens is 402 g/mol. The zero-order valence-electron chi connectivity index (χ0n) is 17.9. The third-order valence-electron chi connectivity index (χ3n) is 4.62. The molecule has 0 saturated carbocycles. The maximum absolute atomic E-state index is 12.2. The lowest BCUT2D eigenvalue weighted by Crippen LogP contribution is -2.14. The van der Waals surface area contributed by atoms with Crippen LogP contribution in [-0.2, 0) is 14.9 Å². The van der Waals surface area contributed by atoms with Crippen LogP contribution in [0.3, 0.4) is 0 Å². The number of rotatable bonds is 5. The van der Waals surface area contributed by atoms with Crippen LogP contribution < -0.4 is 0 Å². The van der Waals surface area contributed by atoms with Crippen molar-refractivity contribution in [2.75, 3.05) is 6.61 Å². The average molecular weight is 428 g/mol. The number of halogens is 1. The summed E-state index contributed by atoms with van der Waals surface area (Å²) in [4.78, 5) is 13.6. The van der Waals surface area contributed by atoms with Crippen molar-refractivity contribution in [3.8, 4) is 11.4 Å². The number of aromatic hydroxyl groups is 1. The Hall–Kier alpha value is -2.86. The highest BCUT2D eigenvalue weighted by atomic mass is 35.5. The lowest BCUT2D eigenvalue weighted by Gasteiger charge is -2.22. The lowest BCUT2D eigenvalue weighted by molar-refractivity contribution is -0.138. The Balaban J connectivity index is 2.14. The fraction of sp³-hybridized carbons (Fsp3) is 0.348. The van der Waals surface area contributed by atoms with Crippen LogP contribution in [0.1, 0.15) is 52.2 Å². The van der Waals surface area contributed by atoms with Gasteiger partial charge in [-0.25, -0.2) is 4.79 Å². The van der Waals surface area contributed by atoms with Gasteiger partial charge in [0.15, 0.2) is 0 Å². The quantitative estimate of drug-likeness (QED) is 0.433. The SMILES string of the molecule is CCCOC(=O)C(C)=Cc1cc(-n2nc3ccc(Cl)cc3n2)c(O)c(C(C)(C)C)c1. The molecule has 1 heterocycles. The van der Waals surface area contributed by atoms with E-state index in [9.17, 15) is 9.90 Å². The van der Waals surface area contributed by atoms with E-state index in [0.29, 0.717) is 33.9 Å². The first-order valence-electron chi connectivity index (χ1n) is 9.86. The molecule has 158 valence electrons. The monoisotopic (exact) mass is 427 g/mol. The van der Waals surface area contributed by atoms with Gasteiger partial charge in [-0.2, -0.15) is 0 Å². The second-order valence-corrected chi connectivity index (χ2v) is 8.71. The summed E-state index contributed by atoms with van der Waals surface area (Å²) in [5.41, 5.74) is 3.32. The largest absolute Gasteiger partial charge is 0.505 e. The van der Waals surface area contributed by atoms with Gasteiger partial charge in [-0.1, -0.05) is 39.3 Å². The van der Waals surface area contributed by atoms with E-state index < -0.39 is 0 Å². The van der Waals surface area contributed by atoms with Crippen molar-refractivity contribution in [3.63, 3.8) is 0 Å². The standard InChI is InChI=1S/C23H26ClN3O3/c1-6-9-30-22(29)14(2)10-15-11-17(23(3,4)5)21(28)20(12-15)27-25-18-8-7-16(24)13-19(18)26-27/h7-8,10-13,28H,6,9H2,1-5H3. The molecule has 0 aliphatic carbocycles. The van der Waals surface area contributed by atoms with E-state index in [1.807, 2.05) is 33.8 Å². The summed E-state index contributed by atoms with van der Waals surface area (Å²) < 4.78 is 5.21. The molecule has 1 N–H and O–H groups in total. The summed E-state index contributed by atoms with van der Waals surface area (Å²) in [5.74, 6) is -0.265. The summed E-state index contributed by atoms with van der Waals surface area (Å²) in [7, 11) is 0. The third kappa shape index (κ3) is 4.65. The first kappa shape index (κ1) is 21.8. The molecule has 0 bridgehead atoms. The average Bonchev–Trinajstić information content (AvgIpc) is 3.09. The first-order valence-corrected chi connectivity index (χ1v) is 10.2. The van der Waals surface area contributed by atoms with Crippen molar-refractivity contribution in [1.29, 1.82) is 0 Å². The van der Waals surface area contributed by atoms with Gasteiger partial charge in [0.1, 0.15) is 22.5 Å². The Morgan fingerprint density at radius 2 is 1.90 bits per heavy atom. The number of ether oxygens (including phenoxy) is 1. The van der Waals surface area contributed by atoms with Crippen LogP contribution in [-0.4, -0.2) is 32.7 Å². The molecule has 0 aliphatic heterocycles. The zero-order chi connectivity index (χ0) is 22.1. The number of carbonyl (C=O) groups excluding carboxylic acids is 1. The number of fused-ring (bicyclic) bond motifs is 1. The molecule has 0 amide bonds. The Bertz CT molecular complexity index is 1130. The maximum atomic E-state index is 12.2. The second kappa shape index (κ2) is 8.48. The highest BCUT2D eigenvalue weighted by Crippen LogP contribution is 2.37. The number of nitrogens with zero attached hydrogens (tertiary/aromatic N) is 3. The number of phenolic OH excluding ortho intramolecular Hbond substituents is 1. The summed E-state index contributed by atoms with van der Waals surface area (Å²) in [6, 6.07) is 8.87. The molecule has 3 rings (SSSR count). The van der Waals surface area contributed by atoms with Crippen molar-refractivity contribution < 1.29 is 14.6 Å². The number of hydrogen-bond acceptors (Lipinski definition) is 5. The molecule has 0 unspecified atom stereocenters. The Morgan fingerprint density at radius 3 is 2.57 bits per heavy atom. The van der Waals surface area contributed by atoms with E-state index in [4.69, 9.17) is 16.3 Å². The minimum Gasteiger partial charge on any atom is -0.505 e. The first-order chi connectivity index (χ1) is 14.1. The van der Waals surface area contributed by atoms with Crippen LogP contribution in [0.2, 0.25) is 5.02 Å². The fourth-order valence-corrected chi connectivity index (χ4v) is 3.23. The van der Waals surface area contributed by atoms with Crippen molar-refractivity contribution in [3.05, 3.63) is 52.1 Å². The maximum Gasteiger partial charge on any atom is 0.333 e. The van der Waals surface area contributed by atoms with E-state index in [-0.39, 0.29) is 17.1 Å². The highest BCUT2D eigenvalue weighted by molar-refractivity contribution is 6.31. The van der Waals surface area contributed by atoms with Gasteiger partial charge >= 0.3 is 5.97 Å². The van der Waals surface area contributed by atoms with E-state index in [1.165, 1.54) is 4.80 Å². The van der Waals surface area contributed by atoms with Gasteiger partial charge in [0.05, 0.1) is 6.61 Å². The molecule has 0 aliphatic rings. The van der Waals surface area contributed by atoms with E-state index in [0.717, 1.165) is 17.5 Å². The fourth-order valence-electron chi connectivity index (χ4n) is 3.06. The van der Waals surface area contributed by atoms with Crippen LogP contribution in [0.25, 0.3) is 22.8 Å². The number of aromatic nitrogens is 3. The van der Waals surface area contributed by atoms with Gasteiger partial charge in [0.25, 0.3) is 0 Å². The normalized spacial score (nSPS) is 12.4. The molecule has 0 saturated heterocycles. The van der Waals surface area contributed by atoms with Gasteiger partial charge in [0.2, 0.25) is 0 Å².